The van der Waals surface area contributed by atoms with Crippen LogP contribution >= 0.6 is 0 Å². The van der Waals surface area contributed by atoms with Gasteiger partial charge in [0.2, 0.25) is 12.8 Å². The molecule has 1 fully saturated rings. The SMILES string of the molecule is C=C(C)NC(=O)c1ccc(CN(C=O)C(=O)c2cc(OC(CF)CF)ccc2N(C)C2CCN(C=O)CC2)cc1. The van der Waals surface area contributed by atoms with Crippen molar-refractivity contribution in [3.8, 4) is 5.75 Å². The number of likely N-dealkylation sites (tertiary alicyclic amines) is 1. The van der Waals surface area contributed by atoms with Gasteiger partial charge in [-0.2, -0.15) is 0 Å². The maximum atomic E-state index is 13.7. The zero-order valence-corrected chi connectivity index (χ0v) is 22.6. The van der Waals surface area contributed by atoms with Crippen molar-refractivity contribution in [2.24, 2.45) is 0 Å². The number of carbonyl (C=O) groups excluding carboxylic acids is 4. The van der Waals surface area contributed by atoms with Crippen LogP contribution in [0.1, 0.15) is 46.0 Å². The highest BCUT2D eigenvalue weighted by molar-refractivity contribution is 6.04. The van der Waals surface area contributed by atoms with E-state index in [1.54, 1.807) is 42.2 Å². The number of nitrogens with one attached hydrogen (secondary N) is 1. The molecule has 40 heavy (non-hydrogen) atoms. The normalized spacial score (nSPS) is 13.5. The molecule has 0 unspecified atom stereocenters. The Hall–Kier alpha value is -4.28. The minimum Gasteiger partial charge on any atom is -0.485 e. The second-order valence-electron chi connectivity index (χ2n) is 9.68. The van der Waals surface area contributed by atoms with Gasteiger partial charge >= 0.3 is 0 Å². The molecule has 1 saturated heterocycles. The van der Waals surface area contributed by atoms with Gasteiger partial charge in [-0.05, 0) is 55.7 Å². The van der Waals surface area contributed by atoms with Crippen molar-refractivity contribution >= 4 is 30.3 Å². The van der Waals surface area contributed by atoms with Gasteiger partial charge in [-0.3, -0.25) is 24.1 Å². The number of hydrogen-bond donors (Lipinski definition) is 1. The first-order valence-corrected chi connectivity index (χ1v) is 12.9. The van der Waals surface area contributed by atoms with Gasteiger partial charge in [-0.1, -0.05) is 18.7 Å². The number of ether oxygens (including phenoxy) is 1. The zero-order valence-electron chi connectivity index (χ0n) is 22.6. The summed E-state index contributed by atoms with van der Waals surface area (Å²) in [7, 11) is 1.82. The van der Waals surface area contributed by atoms with E-state index in [-0.39, 0.29) is 29.8 Å². The van der Waals surface area contributed by atoms with Crippen molar-refractivity contribution in [3.05, 3.63) is 71.4 Å². The lowest BCUT2D eigenvalue weighted by atomic mass is 10.0. The van der Waals surface area contributed by atoms with Crippen LogP contribution in [0, 0.1) is 0 Å². The van der Waals surface area contributed by atoms with Gasteiger partial charge in [0.05, 0.1) is 12.1 Å². The summed E-state index contributed by atoms with van der Waals surface area (Å²) in [6.07, 6.45) is 1.26. The fraction of sp³-hybridized carbons (Fsp3) is 0.379. The molecule has 0 aromatic heterocycles. The fourth-order valence-corrected chi connectivity index (χ4v) is 4.48. The van der Waals surface area contributed by atoms with Crippen LogP contribution in [-0.4, -0.2) is 80.1 Å². The van der Waals surface area contributed by atoms with Gasteiger partial charge < -0.3 is 19.9 Å². The molecule has 0 radical (unpaired) electrons. The summed E-state index contributed by atoms with van der Waals surface area (Å²) in [5, 5.41) is 2.61. The van der Waals surface area contributed by atoms with Crippen molar-refractivity contribution < 1.29 is 32.7 Å². The first kappa shape index (κ1) is 30.3. The number of hydrogen-bond acceptors (Lipinski definition) is 6. The van der Waals surface area contributed by atoms with Gasteiger partial charge in [0, 0.05) is 43.1 Å². The fourth-order valence-electron chi connectivity index (χ4n) is 4.48. The molecule has 1 aliphatic rings. The number of anilines is 1. The molecule has 9 nitrogen and oxygen atoms in total. The first-order chi connectivity index (χ1) is 19.2. The molecule has 0 atom stereocenters. The predicted octanol–water partition coefficient (Wildman–Crippen LogP) is 3.49. The van der Waals surface area contributed by atoms with E-state index in [1.165, 1.54) is 12.1 Å². The summed E-state index contributed by atoms with van der Waals surface area (Å²) in [5.41, 5.74) is 2.13. The van der Waals surface area contributed by atoms with E-state index < -0.39 is 25.4 Å². The molecule has 0 saturated carbocycles. The molecule has 1 aliphatic heterocycles. The van der Waals surface area contributed by atoms with Crippen LogP contribution in [0.25, 0.3) is 0 Å². The molecular formula is C29H34F2N4O5. The number of halogens is 2. The molecule has 2 aromatic carbocycles. The third kappa shape index (κ3) is 7.64. The van der Waals surface area contributed by atoms with Crippen LogP contribution < -0.4 is 15.0 Å². The number of rotatable bonds is 13. The monoisotopic (exact) mass is 556 g/mol. The molecule has 214 valence electrons. The Morgan fingerprint density at radius 1 is 1.12 bits per heavy atom. The van der Waals surface area contributed by atoms with Crippen LogP contribution in [0.15, 0.2) is 54.7 Å². The van der Waals surface area contributed by atoms with Gasteiger partial charge in [0.15, 0.2) is 6.10 Å². The molecule has 1 N–H and O–H groups in total. The molecule has 0 bridgehead atoms. The van der Waals surface area contributed by atoms with Crippen molar-refractivity contribution in [1.82, 2.24) is 15.1 Å². The predicted molar refractivity (Wildman–Crippen MR) is 147 cm³/mol. The summed E-state index contributed by atoms with van der Waals surface area (Å²) >= 11 is 0. The Morgan fingerprint density at radius 2 is 1.77 bits per heavy atom. The third-order valence-electron chi connectivity index (χ3n) is 6.71. The zero-order chi connectivity index (χ0) is 29.2. The molecule has 3 rings (SSSR count). The highest BCUT2D eigenvalue weighted by atomic mass is 19.1. The van der Waals surface area contributed by atoms with E-state index in [4.69, 9.17) is 4.74 Å². The Balaban J connectivity index is 1.88. The summed E-state index contributed by atoms with van der Waals surface area (Å²) in [4.78, 5) is 53.7. The summed E-state index contributed by atoms with van der Waals surface area (Å²) in [5.74, 6) is -0.866. The lowest BCUT2D eigenvalue weighted by Gasteiger charge is -2.37. The number of carbonyl (C=O) groups is 4. The minimum atomic E-state index is -1.32. The van der Waals surface area contributed by atoms with E-state index in [0.29, 0.717) is 54.9 Å². The van der Waals surface area contributed by atoms with Crippen molar-refractivity contribution in [1.29, 1.82) is 0 Å². The van der Waals surface area contributed by atoms with Crippen LogP contribution in [-0.2, 0) is 16.1 Å². The summed E-state index contributed by atoms with van der Waals surface area (Å²) < 4.78 is 31.6. The second-order valence-corrected chi connectivity index (χ2v) is 9.68. The first-order valence-electron chi connectivity index (χ1n) is 12.9. The summed E-state index contributed by atoms with van der Waals surface area (Å²) in [6.45, 7) is 4.28. The quantitative estimate of drug-likeness (QED) is 0.380. The smallest absolute Gasteiger partial charge is 0.262 e. The van der Waals surface area contributed by atoms with Crippen molar-refractivity contribution in [3.63, 3.8) is 0 Å². The molecule has 2 aromatic rings. The molecule has 1 heterocycles. The van der Waals surface area contributed by atoms with Crippen molar-refractivity contribution in [2.75, 3.05) is 38.4 Å². The van der Waals surface area contributed by atoms with Crippen LogP contribution in [0.4, 0.5) is 14.5 Å². The summed E-state index contributed by atoms with van der Waals surface area (Å²) in [6, 6.07) is 11.0. The third-order valence-corrected chi connectivity index (χ3v) is 6.71. The van der Waals surface area contributed by atoms with Gasteiger partial charge in [-0.25, -0.2) is 8.78 Å². The Morgan fingerprint density at radius 3 is 2.33 bits per heavy atom. The van der Waals surface area contributed by atoms with E-state index >= 15 is 0 Å². The second kappa shape index (κ2) is 14.2. The van der Waals surface area contributed by atoms with Crippen LogP contribution in [0.2, 0.25) is 0 Å². The number of imide groups is 1. The average molecular weight is 557 g/mol. The minimum absolute atomic E-state index is 0.0153. The van der Waals surface area contributed by atoms with Gasteiger partial charge in [-0.15, -0.1) is 0 Å². The van der Waals surface area contributed by atoms with E-state index in [2.05, 4.69) is 11.9 Å². The van der Waals surface area contributed by atoms with E-state index in [0.717, 1.165) is 11.3 Å². The topological polar surface area (TPSA) is 99.3 Å². The number of benzene rings is 2. The Kier molecular flexibility index (Phi) is 10.7. The van der Waals surface area contributed by atoms with Gasteiger partial charge in [0.1, 0.15) is 19.1 Å². The molecular weight excluding hydrogens is 522 g/mol. The lowest BCUT2D eigenvalue weighted by Crippen LogP contribution is -2.43. The standard InChI is InChI=1S/C29H34F2N4O5/c1-20(2)32-28(38)22-6-4-21(5-7-22)17-35(19-37)29(39)26-14-24(40-25(15-30)16-31)8-9-27(26)33(3)23-10-12-34(18-36)13-11-23/h4-9,14,18-19,23,25H,1,10-13,15-17H2,2-3H3,(H,32,38). The molecule has 0 spiro atoms. The van der Waals surface area contributed by atoms with Gasteiger partial charge in [0.25, 0.3) is 11.8 Å². The Bertz CT molecular complexity index is 1210. The van der Waals surface area contributed by atoms with Crippen molar-refractivity contribution in [2.45, 2.75) is 38.5 Å². The van der Waals surface area contributed by atoms with E-state index in [9.17, 15) is 28.0 Å². The number of alkyl halides is 2. The van der Waals surface area contributed by atoms with Crippen LogP contribution in [0.5, 0.6) is 5.75 Å². The number of allylic oxidation sites excluding steroid dienone is 1. The highest BCUT2D eigenvalue weighted by Gasteiger charge is 2.27. The van der Waals surface area contributed by atoms with Crippen LogP contribution in [0.3, 0.4) is 0 Å². The largest absolute Gasteiger partial charge is 0.485 e. The number of piperidine rings is 1. The molecule has 0 aliphatic carbocycles. The van der Waals surface area contributed by atoms with E-state index in [1.807, 2.05) is 11.9 Å². The highest BCUT2D eigenvalue weighted by Crippen LogP contribution is 2.30. The Labute approximate surface area is 232 Å². The lowest BCUT2D eigenvalue weighted by molar-refractivity contribution is -0.119. The maximum Gasteiger partial charge on any atom is 0.262 e. The number of nitrogens with zero attached hydrogens (tertiary/aromatic N) is 3. The average Bonchev–Trinajstić information content (AvgIpc) is 2.97. The molecule has 11 heteroatoms. The molecule has 4 amide bonds. The number of amides is 4. The maximum absolute atomic E-state index is 13.7.